The lowest BCUT2D eigenvalue weighted by Crippen LogP contribution is -2.11. The standard InChI is InChI=1S/C20H19BrO4/c1-13-4-6-14(7-5-13)19-20(24-11-3-10-21)18(22)16-9-8-15(23-2)12-17(16)25-19/h4-9,12H,3,10-11H2,1-2H3. The van der Waals surface area contributed by atoms with Gasteiger partial charge in [0.2, 0.25) is 11.2 Å². The van der Waals surface area contributed by atoms with Crippen molar-refractivity contribution in [2.24, 2.45) is 0 Å². The number of fused-ring (bicyclic) bond motifs is 1. The number of aryl methyl sites for hydroxylation is 1. The van der Waals surface area contributed by atoms with Gasteiger partial charge in [-0.3, -0.25) is 4.79 Å². The van der Waals surface area contributed by atoms with Gasteiger partial charge in [-0.2, -0.15) is 0 Å². The maximum Gasteiger partial charge on any atom is 0.235 e. The summed E-state index contributed by atoms with van der Waals surface area (Å²) in [5, 5.41) is 1.29. The molecule has 0 radical (unpaired) electrons. The van der Waals surface area contributed by atoms with Crippen molar-refractivity contribution in [3.8, 4) is 22.8 Å². The van der Waals surface area contributed by atoms with Crippen LogP contribution >= 0.6 is 15.9 Å². The summed E-state index contributed by atoms with van der Waals surface area (Å²) in [4.78, 5) is 12.9. The van der Waals surface area contributed by atoms with Gasteiger partial charge in [-0.25, -0.2) is 0 Å². The van der Waals surface area contributed by atoms with Crippen LogP contribution < -0.4 is 14.9 Å². The van der Waals surface area contributed by atoms with Crippen molar-refractivity contribution in [2.45, 2.75) is 13.3 Å². The predicted octanol–water partition coefficient (Wildman–Crippen LogP) is 4.94. The molecular weight excluding hydrogens is 384 g/mol. The normalized spacial score (nSPS) is 10.8. The van der Waals surface area contributed by atoms with Gasteiger partial charge in [-0.1, -0.05) is 45.8 Å². The van der Waals surface area contributed by atoms with Crippen LogP contribution in [-0.2, 0) is 0 Å². The van der Waals surface area contributed by atoms with Gasteiger partial charge in [0.05, 0.1) is 19.1 Å². The summed E-state index contributed by atoms with van der Waals surface area (Å²) in [5.41, 5.74) is 2.25. The minimum atomic E-state index is -0.172. The van der Waals surface area contributed by atoms with Crippen LogP contribution in [0.4, 0.5) is 0 Å². The van der Waals surface area contributed by atoms with Gasteiger partial charge in [0.1, 0.15) is 11.3 Å². The Morgan fingerprint density at radius 1 is 1.12 bits per heavy atom. The molecule has 1 heterocycles. The van der Waals surface area contributed by atoms with E-state index in [-0.39, 0.29) is 11.2 Å². The molecule has 0 bridgehead atoms. The van der Waals surface area contributed by atoms with Crippen molar-refractivity contribution in [3.63, 3.8) is 0 Å². The Morgan fingerprint density at radius 3 is 2.56 bits per heavy atom. The number of hydrogen-bond donors (Lipinski definition) is 0. The van der Waals surface area contributed by atoms with E-state index in [1.165, 1.54) is 0 Å². The highest BCUT2D eigenvalue weighted by molar-refractivity contribution is 9.09. The van der Waals surface area contributed by atoms with Crippen LogP contribution in [0.2, 0.25) is 0 Å². The third-order valence-electron chi connectivity index (χ3n) is 3.90. The van der Waals surface area contributed by atoms with E-state index >= 15 is 0 Å². The molecule has 0 atom stereocenters. The second kappa shape index (κ2) is 7.74. The second-order valence-corrected chi connectivity index (χ2v) is 6.50. The minimum Gasteiger partial charge on any atom is -0.497 e. The molecule has 0 aliphatic heterocycles. The highest BCUT2D eigenvalue weighted by Gasteiger charge is 2.18. The van der Waals surface area contributed by atoms with Crippen LogP contribution in [0.1, 0.15) is 12.0 Å². The number of alkyl halides is 1. The van der Waals surface area contributed by atoms with E-state index in [1.54, 1.807) is 25.3 Å². The quantitative estimate of drug-likeness (QED) is 0.432. The van der Waals surface area contributed by atoms with Crippen LogP contribution in [0.15, 0.2) is 51.7 Å². The van der Waals surface area contributed by atoms with Gasteiger partial charge in [-0.05, 0) is 25.5 Å². The van der Waals surface area contributed by atoms with Gasteiger partial charge >= 0.3 is 0 Å². The number of benzene rings is 2. The molecule has 0 saturated heterocycles. The molecule has 3 aromatic rings. The lowest BCUT2D eigenvalue weighted by molar-refractivity contribution is 0.310. The van der Waals surface area contributed by atoms with Crippen LogP contribution in [0.25, 0.3) is 22.3 Å². The molecule has 0 spiro atoms. The smallest absolute Gasteiger partial charge is 0.235 e. The Balaban J connectivity index is 2.20. The van der Waals surface area contributed by atoms with Crippen LogP contribution in [0.3, 0.4) is 0 Å². The van der Waals surface area contributed by atoms with Crippen molar-refractivity contribution in [1.82, 2.24) is 0 Å². The lowest BCUT2D eigenvalue weighted by Gasteiger charge is -2.12. The number of ether oxygens (including phenoxy) is 2. The first-order chi connectivity index (χ1) is 12.1. The Kier molecular flexibility index (Phi) is 5.43. The van der Waals surface area contributed by atoms with Gasteiger partial charge in [0.15, 0.2) is 5.76 Å². The fourth-order valence-corrected chi connectivity index (χ4v) is 2.77. The Labute approximate surface area is 154 Å². The minimum absolute atomic E-state index is 0.172. The molecule has 25 heavy (non-hydrogen) atoms. The molecular formula is C20H19BrO4. The van der Waals surface area contributed by atoms with Gasteiger partial charge in [0, 0.05) is 17.0 Å². The maximum atomic E-state index is 12.9. The molecule has 0 aliphatic carbocycles. The van der Waals surface area contributed by atoms with E-state index in [0.29, 0.717) is 29.1 Å². The zero-order valence-electron chi connectivity index (χ0n) is 14.2. The first kappa shape index (κ1) is 17.5. The van der Waals surface area contributed by atoms with Gasteiger partial charge in [0.25, 0.3) is 0 Å². The summed E-state index contributed by atoms with van der Waals surface area (Å²) in [6, 6.07) is 13.0. The maximum absolute atomic E-state index is 12.9. The fourth-order valence-electron chi connectivity index (χ4n) is 2.54. The monoisotopic (exact) mass is 402 g/mol. The van der Waals surface area contributed by atoms with Crippen molar-refractivity contribution >= 4 is 26.9 Å². The van der Waals surface area contributed by atoms with E-state index in [1.807, 2.05) is 31.2 Å². The molecule has 0 fully saturated rings. The van der Waals surface area contributed by atoms with Crippen molar-refractivity contribution < 1.29 is 13.9 Å². The highest BCUT2D eigenvalue weighted by Crippen LogP contribution is 2.32. The molecule has 0 unspecified atom stereocenters. The zero-order valence-corrected chi connectivity index (χ0v) is 15.8. The predicted molar refractivity (Wildman–Crippen MR) is 103 cm³/mol. The molecule has 0 saturated carbocycles. The zero-order chi connectivity index (χ0) is 17.8. The molecule has 0 N–H and O–H groups in total. The summed E-state index contributed by atoms with van der Waals surface area (Å²) >= 11 is 3.37. The van der Waals surface area contributed by atoms with Gasteiger partial charge in [-0.15, -0.1) is 0 Å². The Hall–Kier alpha value is -2.27. The molecule has 2 aromatic carbocycles. The van der Waals surface area contributed by atoms with Crippen molar-refractivity contribution in [2.75, 3.05) is 19.0 Å². The molecule has 3 rings (SSSR count). The Bertz CT molecular complexity index is 929. The molecule has 5 heteroatoms. The highest BCUT2D eigenvalue weighted by atomic mass is 79.9. The third-order valence-corrected chi connectivity index (χ3v) is 4.46. The average Bonchev–Trinajstić information content (AvgIpc) is 2.63. The average molecular weight is 403 g/mol. The fraction of sp³-hybridized carbons (Fsp3) is 0.250. The summed E-state index contributed by atoms with van der Waals surface area (Å²) in [6.07, 6.45) is 0.799. The van der Waals surface area contributed by atoms with Crippen LogP contribution in [0, 0.1) is 6.92 Å². The SMILES string of the molecule is COc1ccc2c(=O)c(OCCCBr)c(-c3ccc(C)cc3)oc2c1. The summed E-state index contributed by atoms with van der Waals surface area (Å²) in [7, 11) is 1.58. The van der Waals surface area contributed by atoms with Crippen LogP contribution in [0.5, 0.6) is 11.5 Å². The first-order valence-electron chi connectivity index (χ1n) is 8.04. The molecule has 0 aliphatic rings. The van der Waals surface area contributed by atoms with E-state index in [4.69, 9.17) is 13.9 Å². The van der Waals surface area contributed by atoms with E-state index < -0.39 is 0 Å². The lowest BCUT2D eigenvalue weighted by atomic mass is 10.1. The topological polar surface area (TPSA) is 48.7 Å². The number of methoxy groups -OCH3 is 1. The van der Waals surface area contributed by atoms with Gasteiger partial charge < -0.3 is 13.9 Å². The van der Waals surface area contributed by atoms with Crippen LogP contribution in [-0.4, -0.2) is 19.0 Å². The molecule has 130 valence electrons. The second-order valence-electron chi connectivity index (χ2n) is 5.71. The molecule has 1 aromatic heterocycles. The van der Waals surface area contributed by atoms with Crippen molar-refractivity contribution in [1.29, 1.82) is 0 Å². The third kappa shape index (κ3) is 3.71. The van der Waals surface area contributed by atoms with Crippen molar-refractivity contribution in [3.05, 3.63) is 58.3 Å². The summed E-state index contributed by atoms with van der Waals surface area (Å²) in [6.45, 7) is 2.45. The number of rotatable bonds is 6. The molecule has 4 nitrogen and oxygen atoms in total. The number of halogens is 1. The largest absolute Gasteiger partial charge is 0.497 e. The first-order valence-corrected chi connectivity index (χ1v) is 9.17. The summed E-state index contributed by atoms with van der Waals surface area (Å²) < 4.78 is 17.1. The molecule has 0 amide bonds. The van der Waals surface area contributed by atoms with E-state index in [2.05, 4.69) is 15.9 Å². The Morgan fingerprint density at radius 2 is 1.88 bits per heavy atom. The van der Waals surface area contributed by atoms with E-state index in [0.717, 1.165) is 22.9 Å². The van der Waals surface area contributed by atoms with E-state index in [9.17, 15) is 4.79 Å². The number of hydrogen-bond acceptors (Lipinski definition) is 4. The summed E-state index contributed by atoms with van der Waals surface area (Å²) in [5.74, 6) is 1.33.